The first-order valence-electron chi connectivity index (χ1n) is 6.68. The highest BCUT2D eigenvalue weighted by molar-refractivity contribution is 5.96. The van der Waals surface area contributed by atoms with E-state index in [0.29, 0.717) is 5.56 Å². The first kappa shape index (κ1) is 14.9. The number of ketones is 1. The van der Waals surface area contributed by atoms with Crippen LogP contribution in [0, 0.1) is 0 Å². The van der Waals surface area contributed by atoms with Gasteiger partial charge in [0.1, 0.15) is 6.61 Å². The topological polar surface area (TPSA) is 39.2 Å². The van der Waals surface area contributed by atoms with Crippen LogP contribution < -0.4 is 0 Å². The third-order valence-electron chi connectivity index (χ3n) is 2.88. The van der Waals surface area contributed by atoms with E-state index in [1.54, 1.807) is 12.1 Å². The molecule has 0 aliphatic heterocycles. The molecule has 0 amide bonds. The van der Waals surface area contributed by atoms with Gasteiger partial charge in [-0.2, -0.15) is 0 Å². The number of aromatic nitrogens is 1. The molecule has 1 heterocycles. The zero-order valence-electron chi connectivity index (χ0n) is 11.9. The van der Waals surface area contributed by atoms with Crippen molar-refractivity contribution in [3.8, 4) is 0 Å². The van der Waals surface area contributed by atoms with E-state index in [-0.39, 0.29) is 12.4 Å². The molecule has 3 aromatic rings. The Balaban J connectivity index is 0.000000154. The first-order chi connectivity index (χ1) is 10.3. The van der Waals surface area contributed by atoms with Crippen LogP contribution in [0.15, 0.2) is 72.9 Å². The maximum atomic E-state index is 11.1. The van der Waals surface area contributed by atoms with E-state index < -0.39 is 0 Å². The molecule has 0 bridgehead atoms. The molecule has 0 aliphatic carbocycles. The standard InChI is InChI=1S/C9H7N.C9H10O2/c1-2-6-9-8(4-1)5-3-7-10-9;1-11-7-9(10)8-5-3-2-4-6-8/h1-7H;2-6H,7H2,1H3. The number of carbonyl (C=O) groups is 1. The van der Waals surface area contributed by atoms with Gasteiger partial charge in [0, 0.05) is 24.3 Å². The maximum Gasteiger partial charge on any atom is 0.188 e. The van der Waals surface area contributed by atoms with E-state index >= 15 is 0 Å². The molecule has 0 N–H and O–H groups in total. The van der Waals surface area contributed by atoms with Crippen LogP contribution in [0.3, 0.4) is 0 Å². The zero-order chi connectivity index (χ0) is 14.9. The fraction of sp³-hybridized carbons (Fsp3) is 0.111. The molecule has 0 saturated heterocycles. The summed E-state index contributed by atoms with van der Waals surface area (Å²) in [5, 5.41) is 1.20. The van der Waals surface area contributed by atoms with Crippen LogP contribution in [0.2, 0.25) is 0 Å². The molecule has 3 rings (SSSR count). The van der Waals surface area contributed by atoms with E-state index in [4.69, 9.17) is 4.74 Å². The average Bonchev–Trinajstić information content (AvgIpc) is 2.57. The summed E-state index contributed by atoms with van der Waals surface area (Å²) >= 11 is 0. The lowest BCUT2D eigenvalue weighted by Crippen LogP contribution is -2.06. The Morgan fingerprint density at radius 2 is 1.62 bits per heavy atom. The molecule has 0 radical (unpaired) electrons. The Bertz CT molecular complexity index is 630. The summed E-state index contributed by atoms with van der Waals surface area (Å²) < 4.78 is 4.71. The molecule has 106 valence electrons. The lowest BCUT2D eigenvalue weighted by atomic mass is 10.1. The third-order valence-corrected chi connectivity index (χ3v) is 2.88. The number of carbonyl (C=O) groups excluding carboxylic acids is 1. The van der Waals surface area contributed by atoms with Crippen molar-refractivity contribution in [3.63, 3.8) is 0 Å². The van der Waals surface area contributed by atoms with E-state index in [9.17, 15) is 4.79 Å². The monoisotopic (exact) mass is 279 g/mol. The van der Waals surface area contributed by atoms with Crippen molar-refractivity contribution in [1.29, 1.82) is 0 Å². The minimum absolute atomic E-state index is 0.0214. The van der Waals surface area contributed by atoms with Crippen LogP contribution >= 0.6 is 0 Å². The molecule has 0 fully saturated rings. The number of pyridine rings is 1. The highest BCUT2D eigenvalue weighted by Crippen LogP contribution is 2.07. The molecule has 3 nitrogen and oxygen atoms in total. The summed E-state index contributed by atoms with van der Waals surface area (Å²) in [6.45, 7) is 0.157. The Morgan fingerprint density at radius 3 is 2.33 bits per heavy atom. The molecule has 3 heteroatoms. The number of nitrogens with zero attached hydrogens (tertiary/aromatic N) is 1. The van der Waals surface area contributed by atoms with Gasteiger partial charge in [-0.05, 0) is 12.1 Å². The first-order valence-corrected chi connectivity index (χ1v) is 6.68. The second kappa shape index (κ2) is 7.92. The average molecular weight is 279 g/mol. The van der Waals surface area contributed by atoms with Crippen LogP contribution in [-0.4, -0.2) is 24.5 Å². The molecular formula is C18H17NO2. The Kier molecular flexibility index (Phi) is 5.61. The number of benzene rings is 2. The van der Waals surface area contributed by atoms with E-state index in [2.05, 4.69) is 17.1 Å². The zero-order valence-corrected chi connectivity index (χ0v) is 11.9. The summed E-state index contributed by atoms with van der Waals surface area (Å²) in [7, 11) is 1.51. The minimum atomic E-state index is 0.0214. The summed E-state index contributed by atoms with van der Waals surface area (Å²) in [5.41, 5.74) is 1.76. The van der Waals surface area contributed by atoms with E-state index in [1.165, 1.54) is 12.5 Å². The molecule has 21 heavy (non-hydrogen) atoms. The molecule has 0 spiro atoms. The van der Waals surface area contributed by atoms with Gasteiger partial charge in [0.15, 0.2) is 5.78 Å². The van der Waals surface area contributed by atoms with Crippen molar-refractivity contribution >= 4 is 16.7 Å². The maximum absolute atomic E-state index is 11.1. The molecule has 1 aromatic heterocycles. The Hall–Kier alpha value is -2.52. The van der Waals surface area contributed by atoms with E-state index in [0.717, 1.165) is 5.52 Å². The predicted molar refractivity (Wildman–Crippen MR) is 84.4 cm³/mol. The molecule has 2 aromatic carbocycles. The molecular weight excluding hydrogens is 262 g/mol. The summed E-state index contributed by atoms with van der Waals surface area (Å²) in [6.07, 6.45) is 1.81. The lowest BCUT2D eigenvalue weighted by Gasteiger charge is -1.97. The minimum Gasteiger partial charge on any atom is -0.377 e. The third kappa shape index (κ3) is 4.51. The van der Waals surface area contributed by atoms with Gasteiger partial charge in [-0.15, -0.1) is 0 Å². The molecule has 0 unspecified atom stereocenters. The van der Waals surface area contributed by atoms with Crippen molar-refractivity contribution < 1.29 is 9.53 Å². The Labute approximate surface area is 124 Å². The quantitative estimate of drug-likeness (QED) is 0.685. The van der Waals surface area contributed by atoms with Crippen LogP contribution in [-0.2, 0) is 4.74 Å². The number of hydrogen-bond donors (Lipinski definition) is 0. The van der Waals surface area contributed by atoms with Gasteiger partial charge < -0.3 is 4.74 Å². The van der Waals surface area contributed by atoms with Crippen LogP contribution in [0.5, 0.6) is 0 Å². The fourth-order valence-corrected chi connectivity index (χ4v) is 1.85. The lowest BCUT2D eigenvalue weighted by molar-refractivity contribution is 0.0848. The Morgan fingerprint density at radius 1 is 0.952 bits per heavy atom. The largest absolute Gasteiger partial charge is 0.377 e. The second-order valence-electron chi connectivity index (χ2n) is 4.42. The van der Waals surface area contributed by atoms with Gasteiger partial charge in [0.25, 0.3) is 0 Å². The van der Waals surface area contributed by atoms with Crippen molar-refractivity contribution in [1.82, 2.24) is 4.98 Å². The van der Waals surface area contributed by atoms with Gasteiger partial charge in [0.05, 0.1) is 5.52 Å². The second-order valence-corrected chi connectivity index (χ2v) is 4.42. The number of methoxy groups -OCH3 is 1. The van der Waals surface area contributed by atoms with Crippen molar-refractivity contribution in [3.05, 3.63) is 78.5 Å². The SMILES string of the molecule is COCC(=O)c1ccccc1.c1ccc2ncccc2c1. The van der Waals surface area contributed by atoms with Crippen LogP contribution in [0.25, 0.3) is 10.9 Å². The summed E-state index contributed by atoms with van der Waals surface area (Å²) in [4.78, 5) is 15.3. The number of ether oxygens (including phenoxy) is 1. The number of hydrogen-bond acceptors (Lipinski definition) is 3. The number of rotatable bonds is 3. The normalized spacial score (nSPS) is 9.76. The van der Waals surface area contributed by atoms with Gasteiger partial charge in [-0.25, -0.2) is 0 Å². The number of Topliss-reactive ketones (excluding diaryl/α,β-unsaturated/α-hetero) is 1. The van der Waals surface area contributed by atoms with Crippen LogP contribution in [0.1, 0.15) is 10.4 Å². The van der Waals surface area contributed by atoms with E-state index in [1.807, 2.05) is 48.7 Å². The number of fused-ring (bicyclic) bond motifs is 1. The predicted octanol–water partition coefficient (Wildman–Crippen LogP) is 3.75. The summed E-state index contributed by atoms with van der Waals surface area (Å²) in [5.74, 6) is 0.0214. The highest BCUT2D eigenvalue weighted by atomic mass is 16.5. The highest BCUT2D eigenvalue weighted by Gasteiger charge is 2.01. The van der Waals surface area contributed by atoms with Crippen molar-refractivity contribution in [2.24, 2.45) is 0 Å². The number of para-hydroxylation sites is 1. The molecule has 0 atom stereocenters. The smallest absolute Gasteiger partial charge is 0.188 e. The van der Waals surface area contributed by atoms with Crippen molar-refractivity contribution in [2.45, 2.75) is 0 Å². The van der Waals surface area contributed by atoms with Gasteiger partial charge >= 0.3 is 0 Å². The fourth-order valence-electron chi connectivity index (χ4n) is 1.85. The summed E-state index contributed by atoms with van der Waals surface area (Å²) in [6, 6.07) is 21.2. The van der Waals surface area contributed by atoms with Crippen molar-refractivity contribution in [2.75, 3.05) is 13.7 Å². The molecule has 0 aliphatic rings. The molecule has 0 saturated carbocycles. The van der Waals surface area contributed by atoms with Gasteiger partial charge in [-0.3, -0.25) is 9.78 Å². The van der Waals surface area contributed by atoms with Gasteiger partial charge in [0.2, 0.25) is 0 Å². The van der Waals surface area contributed by atoms with Gasteiger partial charge in [-0.1, -0.05) is 54.6 Å². The van der Waals surface area contributed by atoms with Crippen LogP contribution in [0.4, 0.5) is 0 Å².